The number of carbonyl (C=O) groups is 1. The van der Waals surface area contributed by atoms with Gasteiger partial charge in [0.05, 0.1) is 7.11 Å². The molecule has 0 bridgehead atoms. The normalized spacial score (nSPS) is 9.29. The molecule has 0 rings (SSSR count). The summed E-state index contributed by atoms with van der Waals surface area (Å²) in [5, 5.41) is 0. The largest absolute Gasteiger partial charge is 0.469 e. The number of unbranched alkanes of at least 4 members (excludes halogenated alkanes) is 6. The average molecular weight is 204 g/mol. The van der Waals surface area contributed by atoms with E-state index in [0.29, 0.717) is 6.42 Å². The molecule has 0 heterocycles. The van der Waals surface area contributed by atoms with E-state index in [0.717, 1.165) is 6.42 Å². The minimum atomic E-state index is -0.0754. The number of rotatable bonds is 8. The van der Waals surface area contributed by atoms with Crippen LogP contribution < -0.4 is 0 Å². The third-order valence-corrected chi connectivity index (χ3v) is 2.21. The van der Waals surface area contributed by atoms with Crippen molar-refractivity contribution >= 4 is 5.97 Å². The number of esters is 1. The zero-order chi connectivity index (χ0) is 9.94. The Labute approximate surface area is 87.1 Å². The molecule has 0 radical (unpaired) electrons. The van der Waals surface area contributed by atoms with Crippen molar-refractivity contribution in [2.45, 2.75) is 58.3 Å². The van der Waals surface area contributed by atoms with Gasteiger partial charge in [0.1, 0.15) is 0 Å². The van der Waals surface area contributed by atoms with Gasteiger partial charge in [0.25, 0.3) is 0 Å². The third kappa shape index (κ3) is 11.4. The SMILES string of the molecule is CCCCCCCCCC(=O)OC.O. The van der Waals surface area contributed by atoms with Gasteiger partial charge in [-0.05, 0) is 6.42 Å². The summed E-state index contributed by atoms with van der Waals surface area (Å²) in [4.78, 5) is 10.7. The van der Waals surface area contributed by atoms with Crippen molar-refractivity contribution in [2.75, 3.05) is 7.11 Å². The van der Waals surface area contributed by atoms with E-state index in [-0.39, 0.29) is 11.4 Å². The predicted molar refractivity (Wildman–Crippen MR) is 58.2 cm³/mol. The van der Waals surface area contributed by atoms with Crippen LogP contribution in [0.3, 0.4) is 0 Å². The van der Waals surface area contributed by atoms with E-state index in [1.807, 2.05) is 0 Å². The highest BCUT2D eigenvalue weighted by Crippen LogP contribution is 2.08. The molecule has 86 valence electrons. The van der Waals surface area contributed by atoms with E-state index < -0.39 is 0 Å². The Hall–Kier alpha value is -0.570. The van der Waals surface area contributed by atoms with E-state index in [1.165, 1.54) is 45.6 Å². The van der Waals surface area contributed by atoms with Crippen LogP contribution in [-0.4, -0.2) is 18.6 Å². The molecule has 3 nitrogen and oxygen atoms in total. The van der Waals surface area contributed by atoms with Crippen LogP contribution in [-0.2, 0) is 9.53 Å². The second-order valence-electron chi connectivity index (χ2n) is 3.45. The molecule has 0 aliphatic rings. The fourth-order valence-corrected chi connectivity index (χ4v) is 1.33. The molecule has 0 unspecified atom stereocenters. The summed E-state index contributed by atoms with van der Waals surface area (Å²) >= 11 is 0. The first-order chi connectivity index (χ1) is 6.31. The second-order valence-corrected chi connectivity index (χ2v) is 3.45. The van der Waals surface area contributed by atoms with E-state index in [4.69, 9.17) is 0 Å². The van der Waals surface area contributed by atoms with Crippen molar-refractivity contribution in [2.24, 2.45) is 0 Å². The summed E-state index contributed by atoms with van der Waals surface area (Å²) in [6.07, 6.45) is 9.29. The van der Waals surface area contributed by atoms with Gasteiger partial charge in [0, 0.05) is 6.42 Å². The molecule has 0 saturated heterocycles. The average Bonchev–Trinajstić information content (AvgIpc) is 2.16. The maximum Gasteiger partial charge on any atom is 0.305 e. The lowest BCUT2D eigenvalue weighted by Crippen LogP contribution is -1.99. The van der Waals surface area contributed by atoms with Crippen molar-refractivity contribution in [1.82, 2.24) is 0 Å². The molecular formula is C11H24O3. The zero-order valence-corrected chi connectivity index (χ0v) is 9.47. The van der Waals surface area contributed by atoms with E-state index in [2.05, 4.69) is 11.7 Å². The Morgan fingerprint density at radius 1 is 1.00 bits per heavy atom. The second kappa shape index (κ2) is 12.4. The van der Waals surface area contributed by atoms with Crippen molar-refractivity contribution in [3.63, 3.8) is 0 Å². The van der Waals surface area contributed by atoms with Crippen molar-refractivity contribution in [1.29, 1.82) is 0 Å². The first kappa shape index (κ1) is 15.9. The molecule has 0 fully saturated rings. The van der Waals surface area contributed by atoms with Gasteiger partial charge in [-0.25, -0.2) is 0 Å². The zero-order valence-electron chi connectivity index (χ0n) is 9.47. The van der Waals surface area contributed by atoms with Crippen LogP contribution in [0, 0.1) is 0 Å². The van der Waals surface area contributed by atoms with Crippen LogP contribution in [0.4, 0.5) is 0 Å². The lowest BCUT2D eigenvalue weighted by atomic mass is 10.1. The third-order valence-electron chi connectivity index (χ3n) is 2.21. The Morgan fingerprint density at radius 2 is 1.50 bits per heavy atom. The highest BCUT2D eigenvalue weighted by Gasteiger charge is 1.98. The Bertz CT molecular complexity index is 124. The van der Waals surface area contributed by atoms with Gasteiger partial charge in [-0.3, -0.25) is 4.79 Å². The van der Waals surface area contributed by atoms with Crippen LogP contribution in [0.5, 0.6) is 0 Å². The molecule has 3 heteroatoms. The molecule has 2 N–H and O–H groups in total. The van der Waals surface area contributed by atoms with E-state index in [1.54, 1.807) is 0 Å². The summed E-state index contributed by atoms with van der Waals surface area (Å²) in [6.45, 7) is 2.22. The van der Waals surface area contributed by atoms with Crippen LogP contribution in [0.1, 0.15) is 58.3 Å². The quantitative estimate of drug-likeness (QED) is 0.450. The summed E-state index contributed by atoms with van der Waals surface area (Å²) in [6, 6.07) is 0. The number of hydrogen-bond donors (Lipinski definition) is 0. The lowest BCUT2D eigenvalue weighted by molar-refractivity contribution is -0.140. The fraction of sp³-hybridized carbons (Fsp3) is 0.909. The minimum absolute atomic E-state index is 0. The van der Waals surface area contributed by atoms with Gasteiger partial charge >= 0.3 is 5.97 Å². The van der Waals surface area contributed by atoms with Gasteiger partial charge in [-0.1, -0.05) is 45.4 Å². The van der Waals surface area contributed by atoms with Gasteiger partial charge < -0.3 is 10.2 Å². The van der Waals surface area contributed by atoms with Crippen LogP contribution in [0.2, 0.25) is 0 Å². The minimum Gasteiger partial charge on any atom is -0.469 e. The summed E-state index contributed by atoms with van der Waals surface area (Å²) in [5.41, 5.74) is 0. The van der Waals surface area contributed by atoms with E-state index in [9.17, 15) is 4.79 Å². The molecule has 0 saturated carbocycles. The molecular weight excluding hydrogens is 180 g/mol. The monoisotopic (exact) mass is 204 g/mol. The summed E-state index contributed by atoms with van der Waals surface area (Å²) in [7, 11) is 1.45. The van der Waals surface area contributed by atoms with Crippen LogP contribution in [0.25, 0.3) is 0 Å². The molecule has 0 spiro atoms. The first-order valence-corrected chi connectivity index (χ1v) is 5.38. The smallest absolute Gasteiger partial charge is 0.305 e. The maximum absolute atomic E-state index is 10.7. The van der Waals surface area contributed by atoms with Crippen LogP contribution in [0.15, 0.2) is 0 Å². The molecule has 0 aliphatic heterocycles. The Morgan fingerprint density at radius 3 is 2.00 bits per heavy atom. The number of methoxy groups -OCH3 is 1. The molecule has 14 heavy (non-hydrogen) atoms. The number of ether oxygens (including phenoxy) is 1. The molecule has 0 aromatic rings. The Kier molecular flexibility index (Phi) is 14.1. The van der Waals surface area contributed by atoms with Crippen molar-refractivity contribution in [3.05, 3.63) is 0 Å². The van der Waals surface area contributed by atoms with E-state index >= 15 is 0 Å². The van der Waals surface area contributed by atoms with Gasteiger partial charge in [-0.2, -0.15) is 0 Å². The van der Waals surface area contributed by atoms with Crippen LogP contribution >= 0.6 is 0 Å². The van der Waals surface area contributed by atoms with Gasteiger partial charge in [0.15, 0.2) is 0 Å². The molecule has 0 atom stereocenters. The van der Waals surface area contributed by atoms with Gasteiger partial charge in [-0.15, -0.1) is 0 Å². The van der Waals surface area contributed by atoms with Crippen molar-refractivity contribution < 1.29 is 15.0 Å². The molecule has 0 aromatic carbocycles. The lowest BCUT2D eigenvalue weighted by Gasteiger charge is -2.00. The fourth-order valence-electron chi connectivity index (χ4n) is 1.33. The molecule has 0 amide bonds. The topological polar surface area (TPSA) is 57.8 Å². The highest BCUT2D eigenvalue weighted by molar-refractivity contribution is 5.68. The predicted octanol–water partition coefficient (Wildman–Crippen LogP) is 2.48. The maximum atomic E-state index is 10.7. The molecule has 0 aliphatic carbocycles. The standard InChI is InChI=1S/C11H22O2.H2O/c1-3-4-5-6-7-8-9-10-11(12)13-2;/h3-10H2,1-2H3;1H2. The van der Waals surface area contributed by atoms with Crippen molar-refractivity contribution in [3.8, 4) is 0 Å². The summed E-state index contributed by atoms with van der Waals surface area (Å²) < 4.78 is 4.56. The van der Waals surface area contributed by atoms with Gasteiger partial charge in [0.2, 0.25) is 0 Å². The highest BCUT2D eigenvalue weighted by atomic mass is 16.5. The summed E-state index contributed by atoms with van der Waals surface area (Å²) in [5.74, 6) is -0.0754. The molecule has 0 aromatic heterocycles. The number of carbonyl (C=O) groups excluding carboxylic acids is 1. The first-order valence-electron chi connectivity index (χ1n) is 5.38. The number of hydrogen-bond acceptors (Lipinski definition) is 2. The Balaban J connectivity index is 0.